The minimum atomic E-state index is -1.62. The van der Waals surface area contributed by atoms with Gasteiger partial charge >= 0.3 is 19.8 Å². The van der Waals surface area contributed by atoms with Crippen LogP contribution < -0.4 is 30.0 Å². The Morgan fingerprint density at radius 1 is 0.889 bits per heavy atom. The third kappa shape index (κ3) is 7.50. The van der Waals surface area contributed by atoms with E-state index < -0.39 is 8.07 Å². The van der Waals surface area contributed by atoms with Crippen molar-refractivity contribution in [2.75, 3.05) is 0 Å². The van der Waals surface area contributed by atoms with E-state index in [0.29, 0.717) is 0 Å². The number of aromatic nitrogens is 2. The van der Waals surface area contributed by atoms with E-state index in [9.17, 15) is 0 Å². The third-order valence-electron chi connectivity index (χ3n) is 4.42. The van der Waals surface area contributed by atoms with E-state index in [-0.39, 0.29) is 55.4 Å². The Morgan fingerprint density at radius 3 is 1.85 bits per heavy atom. The fraction of sp³-hybridized carbons (Fsp3) is 0.476. The molecule has 2 nitrogen and oxygen atoms in total. The molecule has 0 amide bonds. The van der Waals surface area contributed by atoms with Gasteiger partial charge in [0, 0.05) is 22.7 Å². The fourth-order valence-electron chi connectivity index (χ4n) is 2.66. The van der Waals surface area contributed by atoms with Crippen LogP contribution in [0.15, 0.2) is 42.1 Å². The molecule has 0 aliphatic heterocycles. The Bertz CT molecular complexity index is 727. The second-order valence-electron chi connectivity index (χ2n) is 9.26. The topological polar surface area (TPSA) is 17.8 Å². The number of hydrogen-bond donors (Lipinski definition) is 0. The van der Waals surface area contributed by atoms with Crippen LogP contribution in [0.5, 0.6) is 0 Å². The maximum Gasteiger partial charge on any atom is 3.00 e. The van der Waals surface area contributed by atoms with Crippen molar-refractivity contribution in [2.45, 2.75) is 65.5 Å². The monoisotopic (exact) mass is 479 g/mol. The van der Waals surface area contributed by atoms with Gasteiger partial charge in [-0.3, -0.25) is 0 Å². The van der Waals surface area contributed by atoms with Crippen LogP contribution in [-0.2, 0) is 10.8 Å². The number of benzene rings is 1. The quantitative estimate of drug-likeness (QED) is 0.501. The summed E-state index contributed by atoms with van der Waals surface area (Å²) < 4.78 is 2.10. The number of halogens is 2. The van der Waals surface area contributed by atoms with Gasteiger partial charge in [0.2, 0.25) is 0 Å². The minimum absolute atomic E-state index is 0. The molecule has 0 aliphatic rings. The molecule has 0 saturated heterocycles. The zero-order chi connectivity index (χ0) is 18.2. The molecule has 1 heterocycles. The van der Waals surface area contributed by atoms with Crippen LogP contribution in [0.2, 0.25) is 13.1 Å². The molecule has 0 N–H and O–H groups in total. The molecule has 1 aromatic carbocycles. The first-order chi connectivity index (χ1) is 10.9. The molecule has 0 radical (unpaired) electrons. The van der Waals surface area contributed by atoms with Crippen molar-refractivity contribution in [3.8, 4) is 0 Å². The van der Waals surface area contributed by atoms with E-state index in [2.05, 4.69) is 108 Å². The van der Waals surface area contributed by atoms with E-state index >= 15 is 0 Å². The molecule has 0 spiro atoms. The van der Waals surface area contributed by atoms with Crippen LogP contribution in [0.1, 0.15) is 52.9 Å². The first kappa shape index (κ1) is 28.8. The van der Waals surface area contributed by atoms with Crippen LogP contribution >= 0.6 is 0 Å². The average molecular weight is 481 g/mol. The van der Waals surface area contributed by atoms with E-state index in [1.165, 1.54) is 10.9 Å². The average Bonchev–Trinajstić information content (AvgIpc) is 2.91. The molecule has 0 fully saturated rings. The summed E-state index contributed by atoms with van der Waals surface area (Å²) in [6.45, 7) is 18.2. The number of nitrogens with zero attached hydrogens (tertiary/aromatic N) is 2. The van der Waals surface area contributed by atoms with Gasteiger partial charge in [-0.25, -0.2) is 4.68 Å². The molecule has 0 saturated carbocycles. The summed E-state index contributed by atoms with van der Waals surface area (Å²) >= 11 is 0. The predicted octanol–water partition coefficient (Wildman–Crippen LogP) is -1.27. The summed E-state index contributed by atoms with van der Waals surface area (Å²) in [5, 5.41) is 6.34. The van der Waals surface area contributed by atoms with Crippen LogP contribution in [-0.4, -0.2) is 37.6 Å². The predicted molar refractivity (Wildman–Crippen MR) is 114 cm³/mol. The molecule has 2 rings (SSSR count). The molecule has 2 aromatic rings. The maximum absolute atomic E-state index is 4.90. The van der Waals surface area contributed by atoms with Gasteiger partial charge in [0.15, 0.2) is 0 Å². The smallest absolute Gasteiger partial charge is 1.00 e. The van der Waals surface area contributed by atoms with Gasteiger partial charge in [0.1, 0.15) is 8.07 Å². The zero-order valence-electron chi connectivity index (χ0n) is 17.8. The molecule has 146 valence electrons. The Hall–Kier alpha value is -0.397. The van der Waals surface area contributed by atoms with Crippen molar-refractivity contribution in [3.63, 3.8) is 0 Å². The Labute approximate surface area is 192 Å². The SMILES string of the molecule is CC(C)(C)c1cc(C(C)(C)C)n(/C=C/[Si](C)(C)c2ccccc2)n1.[Cl-].[Cl-].[Ga+3]. The van der Waals surface area contributed by atoms with E-state index in [1.54, 1.807) is 0 Å². The van der Waals surface area contributed by atoms with Crippen molar-refractivity contribution < 1.29 is 24.8 Å². The first-order valence-electron chi connectivity index (χ1n) is 8.77. The summed E-state index contributed by atoms with van der Waals surface area (Å²) in [7, 11) is -1.62. The minimum Gasteiger partial charge on any atom is -1.00 e. The Morgan fingerprint density at radius 2 is 1.41 bits per heavy atom. The van der Waals surface area contributed by atoms with Gasteiger partial charge < -0.3 is 24.8 Å². The summed E-state index contributed by atoms with van der Waals surface area (Å²) in [6, 6.07) is 13.1. The van der Waals surface area contributed by atoms with Crippen molar-refractivity contribution in [2.24, 2.45) is 0 Å². The molecule has 1 aromatic heterocycles. The van der Waals surface area contributed by atoms with Crippen LogP contribution in [0.4, 0.5) is 0 Å². The van der Waals surface area contributed by atoms with Crippen molar-refractivity contribution >= 4 is 39.3 Å². The van der Waals surface area contributed by atoms with Crippen LogP contribution in [0.3, 0.4) is 0 Å². The van der Waals surface area contributed by atoms with Gasteiger partial charge in [-0.05, 0) is 6.07 Å². The van der Waals surface area contributed by atoms with Crippen molar-refractivity contribution in [3.05, 3.63) is 53.5 Å². The first-order valence-corrected chi connectivity index (χ1v) is 11.8. The molecule has 27 heavy (non-hydrogen) atoms. The third-order valence-corrected chi connectivity index (χ3v) is 7.23. The Balaban J connectivity index is 0. The van der Waals surface area contributed by atoms with E-state index in [0.717, 1.165) is 5.69 Å². The molecule has 6 heteroatoms. The van der Waals surface area contributed by atoms with Gasteiger partial charge in [-0.1, -0.05) is 95.9 Å². The second kappa shape index (κ2) is 10.4. The largest absolute Gasteiger partial charge is 3.00 e. The second-order valence-corrected chi connectivity index (χ2v) is 13.6. The number of hydrogen-bond acceptors (Lipinski definition) is 1. The van der Waals surface area contributed by atoms with Gasteiger partial charge in [-0.15, -0.1) is 0 Å². The van der Waals surface area contributed by atoms with Crippen LogP contribution in [0.25, 0.3) is 6.20 Å². The van der Waals surface area contributed by atoms with Gasteiger partial charge in [0.05, 0.1) is 5.69 Å². The maximum atomic E-state index is 4.90. The van der Waals surface area contributed by atoms with E-state index in [1.807, 2.05) is 0 Å². The summed E-state index contributed by atoms with van der Waals surface area (Å²) in [6.07, 6.45) is 2.19. The molecule has 0 atom stereocenters. The fourth-order valence-corrected chi connectivity index (χ4v) is 4.41. The standard InChI is InChI=1S/C21H32N2Si.2ClH.Ga/c1-20(2,3)18-16-19(21(4,5)6)23(22-18)14-15-24(7,8)17-12-10-9-11-13-17;;;/h9-16H,1-8H3;2*1H;/q;;;+3/p-2/b15-14+;;;. The Kier molecular flexibility index (Phi) is 11.1. The van der Waals surface area contributed by atoms with Crippen LogP contribution in [0, 0.1) is 0 Å². The summed E-state index contributed by atoms with van der Waals surface area (Å²) in [4.78, 5) is 0. The molecular weight excluding hydrogens is 449 g/mol. The molecule has 0 bridgehead atoms. The molecule has 0 unspecified atom stereocenters. The zero-order valence-corrected chi connectivity index (χ0v) is 22.8. The van der Waals surface area contributed by atoms with Gasteiger partial charge in [-0.2, -0.15) is 5.10 Å². The summed E-state index contributed by atoms with van der Waals surface area (Å²) in [5.74, 6) is 0. The molecular formula is C21H32Cl2GaN2Si+. The van der Waals surface area contributed by atoms with Crippen molar-refractivity contribution in [1.29, 1.82) is 0 Å². The van der Waals surface area contributed by atoms with E-state index in [4.69, 9.17) is 5.10 Å². The number of rotatable bonds is 3. The van der Waals surface area contributed by atoms with Crippen molar-refractivity contribution in [1.82, 2.24) is 9.78 Å². The summed E-state index contributed by atoms with van der Waals surface area (Å²) in [5.41, 5.74) is 4.93. The normalized spacial score (nSPS) is 12.1. The molecule has 0 aliphatic carbocycles. The van der Waals surface area contributed by atoms with Gasteiger partial charge in [0.25, 0.3) is 0 Å².